The summed E-state index contributed by atoms with van der Waals surface area (Å²) in [6.07, 6.45) is 0.572. The average molecular weight is 487 g/mol. The Bertz CT molecular complexity index is 1220. The first kappa shape index (κ1) is 24.2. The Balaban J connectivity index is 1.41. The van der Waals surface area contributed by atoms with Crippen LogP contribution in [0.25, 0.3) is 10.8 Å². The van der Waals surface area contributed by atoms with Gasteiger partial charge < -0.3 is 9.64 Å². The number of esters is 1. The summed E-state index contributed by atoms with van der Waals surface area (Å²) in [6, 6.07) is 12.2. The Kier molecular flexibility index (Phi) is 7.80. The average Bonchev–Trinajstić information content (AvgIpc) is 2.82. The van der Waals surface area contributed by atoms with Crippen LogP contribution in [0.5, 0.6) is 0 Å². The summed E-state index contributed by atoms with van der Waals surface area (Å²) in [4.78, 5) is 29.6. The molecule has 2 heterocycles. The summed E-state index contributed by atoms with van der Waals surface area (Å²) in [5.41, 5.74) is 0.990. The minimum atomic E-state index is -0.610. The molecule has 3 aromatic rings. The normalized spacial score (nSPS) is 14.5. The fraction of sp³-hybridized carbons (Fsp3) is 0.400. The Morgan fingerprint density at radius 3 is 2.62 bits per heavy atom. The summed E-state index contributed by atoms with van der Waals surface area (Å²) >= 11 is 6.11. The van der Waals surface area contributed by atoms with Gasteiger partial charge in [0, 0.05) is 55.4 Å². The second-order valence-electron chi connectivity index (χ2n) is 8.28. The molecule has 0 spiro atoms. The second kappa shape index (κ2) is 11.0. The van der Waals surface area contributed by atoms with Crippen molar-refractivity contribution in [3.63, 3.8) is 0 Å². The van der Waals surface area contributed by atoms with Gasteiger partial charge in [0.25, 0.3) is 5.56 Å². The number of nitrogens with zero attached hydrogens (tertiary/aromatic N) is 4. The van der Waals surface area contributed by atoms with Gasteiger partial charge in [0.15, 0.2) is 0 Å². The van der Waals surface area contributed by atoms with E-state index in [1.54, 1.807) is 13.0 Å². The second-order valence-corrected chi connectivity index (χ2v) is 8.72. The first-order valence-corrected chi connectivity index (χ1v) is 11.9. The van der Waals surface area contributed by atoms with Crippen LogP contribution in [0, 0.1) is 5.82 Å². The van der Waals surface area contributed by atoms with Gasteiger partial charge in [0.2, 0.25) is 0 Å². The van der Waals surface area contributed by atoms with Crippen molar-refractivity contribution in [2.75, 3.05) is 44.2 Å². The third-order valence-corrected chi connectivity index (χ3v) is 6.26. The van der Waals surface area contributed by atoms with Crippen molar-refractivity contribution >= 4 is 34.0 Å². The first-order chi connectivity index (χ1) is 16.5. The van der Waals surface area contributed by atoms with E-state index in [1.807, 2.05) is 18.2 Å². The van der Waals surface area contributed by atoms with Crippen molar-refractivity contribution in [2.45, 2.75) is 26.3 Å². The lowest BCUT2D eigenvalue weighted by molar-refractivity contribution is -0.142. The van der Waals surface area contributed by atoms with Crippen LogP contribution in [0.2, 0.25) is 5.02 Å². The minimum absolute atomic E-state index is 0.0352. The molecule has 9 heteroatoms. The summed E-state index contributed by atoms with van der Waals surface area (Å²) in [6.45, 7) is 6.68. The van der Waals surface area contributed by atoms with Crippen LogP contribution in [-0.4, -0.2) is 60.0 Å². The van der Waals surface area contributed by atoms with E-state index in [0.717, 1.165) is 43.4 Å². The summed E-state index contributed by atoms with van der Waals surface area (Å²) in [5.74, 6) is -1.07. The molecule has 0 N–H and O–H groups in total. The minimum Gasteiger partial charge on any atom is -0.466 e. The van der Waals surface area contributed by atoms with E-state index < -0.39 is 17.3 Å². The van der Waals surface area contributed by atoms with Gasteiger partial charge in [-0.15, -0.1) is 0 Å². The number of rotatable bonds is 8. The van der Waals surface area contributed by atoms with Crippen molar-refractivity contribution in [3.05, 3.63) is 69.4 Å². The van der Waals surface area contributed by atoms with Crippen LogP contribution >= 0.6 is 11.6 Å². The van der Waals surface area contributed by atoms with E-state index in [4.69, 9.17) is 16.3 Å². The van der Waals surface area contributed by atoms with Crippen molar-refractivity contribution in [1.82, 2.24) is 14.7 Å². The van der Waals surface area contributed by atoms with Gasteiger partial charge in [-0.25, -0.2) is 9.07 Å². The molecule has 1 saturated heterocycles. The van der Waals surface area contributed by atoms with Crippen LogP contribution in [-0.2, 0) is 22.5 Å². The molecule has 0 atom stereocenters. The first-order valence-electron chi connectivity index (χ1n) is 11.5. The maximum Gasteiger partial charge on any atom is 0.311 e. The number of aromatic nitrogens is 2. The Morgan fingerprint density at radius 2 is 1.88 bits per heavy atom. The highest BCUT2D eigenvalue weighted by atomic mass is 35.5. The highest BCUT2D eigenvalue weighted by Gasteiger charge is 2.19. The zero-order valence-corrected chi connectivity index (χ0v) is 19.9. The van der Waals surface area contributed by atoms with Gasteiger partial charge in [-0.05, 0) is 37.6 Å². The van der Waals surface area contributed by atoms with Gasteiger partial charge in [0.1, 0.15) is 5.82 Å². The van der Waals surface area contributed by atoms with Crippen LogP contribution in [0.4, 0.5) is 10.1 Å². The maximum atomic E-state index is 14.5. The number of fused-ring (bicyclic) bond motifs is 1. The molecule has 1 aromatic heterocycles. The van der Waals surface area contributed by atoms with Gasteiger partial charge in [-0.3, -0.25) is 14.5 Å². The predicted molar refractivity (Wildman–Crippen MR) is 131 cm³/mol. The molecular weight excluding hydrogens is 459 g/mol. The number of aryl methyl sites for hydroxylation is 1. The third-order valence-electron chi connectivity index (χ3n) is 6.02. The van der Waals surface area contributed by atoms with Crippen molar-refractivity contribution in [2.24, 2.45) is 0 Å². The number of piperazine rings is 1. The maximum absolute atomic E-state index is 14.5. The van der Waals surface area contributed by atoms with Gasteiger partial charge in [0.05, 0.1) is 24.1 Å². The number of carbonyl (C=O) groups excluding carboxylic acids is 1. The summed E-state index contributed by atoms with van der Waals surface area (Å²) < 4.78 is 20.8. The zero-order valence-electron chi connectivity index (χ0n) is 19.2. The highest BCUT2D eigenvalue weighted by molar-refractivity contribution is 6.30. The van der Waals surface area contributed by atoms with Gasteiger partial charge in [-0.2, -0.15) is 5.10 Å². The zero-order chi connectivity index (χ0) is 24.1. The largest absolute Gasteiger partial charge is 0.466 e. The number of benzene rings is 2. The topological polar surface area (TPSA) is 67.7 Å². The smallest absolute Gasteiger partial charge is 0.311 e. The molecule has 2 aromatic carbocycles. The number of carbonyl (C=O) groups is 1. The third kappa shape index (κ3) is 5.56. The molecule has 4 rings (SSSR count). The summed E-state index contributed by atoms with van der Waals surface area (Å²) in [7, 11) is 0. The Hall–Kier alpha value is -2.97. The van der Waals surface area contributed by atoms with Crippen LogP contribution < -0.4 is 10.5 Å². The lowest BCUT2D eigenvalue weighted by atomic mass is 10.1. The van der Waals surface area contributed by atoms with Crippen molar-refractivity contribution in [3.8, 4) is 0 Å². The number of halogens is 2. The van der Waals surface area contributed by atoms with Gasteiger partial charge >= 0.3 is 5.97 Å². The fourth-order valence-electron chi connectivity index (χ4n) is 4.33. The number of hydrogen-bond donors (Lipinski definition) is 0. The molecule has 1 aliphatic rings. The molecule has 1 fully saturated rings. The van der Waals surface area contributed by atoms with Crippen LogP contribution in [0.1, 0.15) is 19.0 Å². The SMILES string of the molecule is CCOC(=O)Cc1nn(CCCN2CCN(c3cccc(Cl)c3)CC2)c(=O)c2c(F)cccc12. The molecule has 0 unspecified atom stereocenters. The molecule has 0 amide bonds. The lowest BCUT2D eigenvalue weighted by Gasteiger charge is -2.36. The molecule has 180 valence electrons. The van der Waals surface area contributed by atoms with E-state index in [-0.39, 0.29) is 18.4 Å². The molecule has 7 nitrogen and oxygen atoms in total. The Labute approximate surface area is 202 Å². The molecule has 0 aliphatic carbocycles. The van der Waals surface area contributed by atoms with E-state index in [9.17, 15) is 14.0 Å². The number of anilines is 1. The van der Waals surface area contributed by atoms with Crippen LogP contribution in [0.3, 0.4) is 0 Å². The quantitative estimate of drug-likeness (QED) is 0.454. The number of hydrogen-bond acceptors (Lipinski definition) is 6. The summed E-state index contributed by atoms with van der Waals surface area (Å²) in [5, 5.41) is 5.45. The molecular formula is C25H28ClFN4O3. The van der Waals surface area contributed by atoms with Gasteiger partial charge in [-0.1, -0.05) is 29.8 Å². The van der Waals surface area contributed by atoms with E-state index in [0.29, 0.717) is 24.0 Å². The predicted octanol–water partition coefficient (Wildman–Crippen LogP) is 3.51. The van der Waals surface area contributed by atoms with Crippen LogP contribution in [0.15, 0.2) is 47.3 Å². The highest BCUT2D eigenvalue weighted by Crippen LogP contribution is 2.21. The molecule has 0 bridgehead atoms. The van der Waals surface area contributed by atoms with E-state index in [1.165, 1.54) is 16.8 Å². The monoisotopic (exact) mass is 486 g/mol. The molecule has 0 saturated carbocycles. The Morgan fingerprint density at radius 1 is 1.12 bits per heavy atom. The molecule has 0 radical (unpaired) electrons. The standard InChI is InChI=1S/C25H28ClFN4O3/c1-2-34-23(32)17-22-20-8-4-9-21(27)24(20)25(33)31(28-22)11-5-10-29-12-14-30(15-13-29)19-7-3-6-18(26)16-19/h3-4,6-9,16H,2,5,10-15,17H2,1H3. The van der Waals surface area contributed by atoms with Crippen molar-refractivity contribution < 1.29 is 13.9 Å². The molecule has 1 aliphatic heterocycles. The van der Waals surface area contributed by atoms with Crippen molar-refractivity contribution in [1.29, 1.82) is 0 Å². The molecule has 34 heavy (non-hydrogen) atoms. The van der Waals surface area contributed by atoms with E-state index in [2.05, 4.69) is 21.0 Å². The fourth-order valence-corrected chi connectivity index (χ4v) is 4.52. The lowest BCUT2D eigenvalue weighted by Crippen LogP contribution is -2.46. The van der Waals surface area contributed by atoms with E-state index >= 15 is 0 Å². The number of ether oxygens (including phenoxy) is 1.